The molecule has 160 valence electrons. The highest BCUT2D eigenvalue weighted by Gasteiger charge is 2.28. The minimum absolute atomic E-state index is 0.195. The summed E-state index contributed by atoms with van der Waals surface area (Å²) >= 11 is 1.28. The summed E-state index contributed by atoms with van der Waals surface area (Å²) in [5, 5.41) is 14.1. The van der Waals surface area contributed by atoms with Crippen molar-refractivity contribution in [2.24, 2.45) is 0 Å². The summed E-state index contributed by atoms with van der Waals surface area (Å²) in [7, 11) is 0. The molecular formula is C20H26N6O3S. The molecule has 1 aromatic heterocycles. The summed E-state index contributed by atoms with van der Waals surface area (Å²) in [6, 6.07) is 7.76. The highest BCUT2D eigenvalue weighted by atomic mass is 32.2. The van der Waals surface area contributed by atoms with Crippen LogP contribution in [-0.4, -0.2) is 64.3 Å². The maximum absolute atomic E-state index is 12.5. The lowest BCUT2D eigenvalue weighted by atomic mass is 10.2. The monoisotopic (exact) mass is 430 g/mol. The molecule has 2 fully saturated rings. The number of rotatable bonds is 6. The van der Waals surface area contributed by atoms with Gasteiger partial charge in [-0.15, -0.1) is 10.2 Å². The SMILES string of the molecule is Cc1ccccc1-n1c(SC(C)C(=O)NC(=O)NC2CC2)nnc1N1CCOCC1. The highest BCUT2D eigenvalue weighted by molar-refractivity contribution is 8.00. The number of urea groups is 1. The Morgan fingerprint density at radius 2 is 1.93 bits per heavy atom. The van der Waals surface area contributed by atoms with Crippen molar-refractivity contribution in [3.8, 4) is 5.69 Å². The van der Waals surface area contributed by atoms with Crippen molar-refractivity contribution >= 4 is 29.6 Å². The number of carbonyl (C=O) groups is 2. The van der Waals surface area contributed by atoms with Gasteiger partial charge in [-0.05, 0) is 38.3 Å². The van der Waals surface area contributed by atoms with Crippen LogP contribution in [0.3, 0.4) is 0 Å². The molecule has 1 aliphatic heterocycles. The van der Waals surface area contributed by atoms with Crippen molar-refractivity contribution in [2.45, 2.75) is 43.1 Å². The molecule has 10 heteroatoms. The van der Waals surface area contributed by atoms with Gasteiger partial charge in [-0.2, -0.15) is 0 Å². The third kappa shape index (κ3) is 4.76. The normalized spacial score (nSPS) is 17.5. The van der Waals surface area contributed by atoms with Gasteiger partial charge in [0.15, 0.2) is 5.16 Å². The molecule has 1 aromatic carbocycles. The maximum atomic E-state index is 12.5. The molecule has 4 rings (SSSR count). The molecule has 1 atom stereocenters. The Labute approximate surface area is 179 Å². The zero-order chi connectivity index (χ0) is 21.1. The van der Waals surface area contributed by atoms with Gasteiger partial charge in [-0.3, -0.25) is 14.7 Å². The van der Waals surface area contributed by atoms with E-state index in [0.29, 0.717) is 18.4 Å². The van der Waals surface area contributed by atoms with Gasteiger partial charge < -0.3 is 15.0 Å². The molecule has 1 aliphatic carbocycles. The lowest BCUT2D eigenvalue weighted by Gasteiger charge is -2.28. The van der Waals surface area contributed by atoms with Crippen LogP contribution in [0.15, 0.2) is 29.4 Å². The Morgan fingerprint density at radius 1 is 1.20 bits per heavy atom. The van der Waals surface area contributed by atoms with Gasteiger partial charge in [0.05, 0.1) is 24.2 Å². The first kappa shape index (κ1) is 20.7. The number of benzene rings is 1. The number of hydrogen-bond donors (Lipinski definition) is 2. The molecule has 1 saturated carbocycles. The van der Waals surface area contributed by atoms with Gasteiger partial charge in [-0.25, -0.2) is 4.79 Å². The largest absolute Gasteiger partial charge is 0.378 e. The van der Waals surface area contributed by atoms with Crippen molar-refractivity contribution < 1.29 is 14.3 Å². The summed E-state index contributed by atoms with van der Waals surface area (Å²) in [4.78, 5) is 26.5. The summed E-state index contributed by atoms with van der Waals surface area (Å²) in [6.07, 6.45) is 1.94. The molecular weight excluding hydrogens is 404 g/mol. The van der Waals surface area contributed by atoms with E-state index in [1.165, 1.54) is 11.8 Å². The first-order chi connectivity index (χ1) is 14.5. The molecule has 2 heterocycles. The Morgan fingerprint density at radius 3 is 2.63 bits per heavy atom. The van der Waals surface area contributed by atoms with Crippen LogP contribution < -0.4 is 15.5 Å². The van der Waals surface area contributed by atoms with Crippen LogP contribution in [0, 0.1) is 6.92 Å². The molecule has 2 N–H and O–H groups in total. The van der Waals surface area contributed by atoms with Gasteiger partial charge in [0, 0.05) is 19.1 Å². The van der Waals surface area contributed by atoms with E-state index in [9.17, 15) is 9.59 Å². The van der Waals surface area contributed by atoms with Crippen LogP contribution in [0.1, 0.15) is 25.3 Å². The number of anilines is 1. The summed E-state index contributed by atoms with van der Waals surface area (Å²) in [5.74, 6) is 0.375. The fourth-order valence-electron chi connectivity index (χ4n) is 3.21. The minimum atomic E-state index is -0.514. The van der Waals surface area contributed by atoms with E-state index in [1.54, 1.807) is 6.92 Å². The number of aryl methyl sites for hydroxylation is 1. The summed E-state index contributed by atoms with van der Waals surface area (Å²) in [6.45, 7) is 6.52. The summed E-state index contributed by atoms with van der Waals surface area (Å²) in [5.41, 5.74) is 2.04. The number of ether oxygens (including phenoxy) is 1. The zero-order valence-electron chi connectivity index (χ0n) is 17.1. The second-order valence-corrected chi connectivity index (χ2v) is 8.81. The number of morpholine rings is 1. The minimum Gasteiger partial charge on any atom is -0.378 e. The number of nitrogens with one attached hydrogen (secondary N) is 2. The lowest BCUT2D eigenvalue weighted by molar-refractivity contribution is -0.119. The molecule has 3 amide bonds. The first-order valence-electron chi connectivity index (χ1n) is 10.1. The van der Waals surface area contributed by atoms with E-state index in [4.69, 9.17) is 4.74 Å². The van der Waals surface area contributed by atoms with Crippen LogP contribution in [-0.2, 0) is 9.53 Å². The second-order valence-electron chi connectivity index (χ2n) is 7.50. The second kappa shape index (κ2) is 9.05. The number of hydrogen-bond acceptors (Lipinski definition) is 7. The number of carbonyl (C=O) groups excluding carboxylic acids is 2. The van der Waals surface area contributed by atoms with Crippen molar-refractivity contribution in [3.63, 3.8) is 0 Å². The molecule has 0 bridgehead atoms. The van der Waals surface area contributed by atoms with Gasteiger partial charge in [0.2, 0.25) is 11.9 Å². The van der Waals surface area contributed by atoms with Crippen molar-refractivity contribution in [3.05, 3.63) is 29.8 Å². The maximum Gasteiger partial charge on any atom is 0.321 e. The van der Waals surface area contributed by atoms with Crippen molar-refractivity contribution in [1.29, 1.82) is 0 Å². The van der Waals surface area contributed by atoms with Gasteiger partial charge in [-0.1, -0.05) is 30.0 Å². The van der Waals surface area contributed by atoms with Crippen LogP contribution in [0.25, 0.3) is 5.69 Å². The Hall–Kier alpha value is -2.59. The molecule has 0 spiro atoms. The third-order valence-electron chi connectivity index (χ3n) is 5.07. The standard InChI is InChI=1S/C20H26N6O3S/c1-13-5-3-4-6-16(13)26-19(25-9-11-29-12-10-25)23-24-20(26)30-14(2)17(27)22-18(28)21-15-7-8-15/h3-6,14-15H,7-12H2,1-2H3,(H2,21,22,27,28). The Kier molecular flexibility index (Phi) is 6.24. The Balaban J connectivity index is 1.56. The number of para-hydroxylation sites is 1. The van der Waals surface area contributed by atoms with Gasteiger partial charge >= 0.3 is 6.03 Å². The molecule has 1 unspecified atom stereocenters. The van der Waals surface area contributed by atoms with E-state index in [2.05, 4.69) is 25.7 Å². The number of thioether (sulfide) groups is 1. The Bertz CT molecular complexity index is 923. The predicted octanol–water partition coefficient (Wildman–Crippen LogP) is 1.88. The van der Waals surface area contributed by atoms with Crippen molar-refractivity contribution in [1.82, 2.24) is 25.4 Å². The highest BCUT2D eigenvalue weighted by Crippen LogP contribution is 2.31. The number of aromatic nitrogens is 3. The van der Waals surface area contributed by atoms with Crippen LogP contribution in [0.5, 0.6) is 0 Å². The molecule has 30 heavy (non-hydrogen) atoms. The van der Waals surface area contributed by atoms with Gasteiger partial charge in [0.25, 0.3) is 0 Å². The fraction of sp³-hybridized carbons (Fsp3) is 0.500. The smallest absolute Gasteiger partial charge is 0.321 e. The number of nitrogens with zero attached hydrogens (tertiary/aromatic N) is 4. The van der Waals surface area contributed by atoms with E-state index >= 15 is 0 Å². The van der Waals surface area contributed by atoms with E-state index in [1.807, 2.05) is 35.8 Å². The third-order valence-corrected chi connectivity index (χ3v) is 6.11. The molecule has 9 nitrogen and oxygen atoms in total. The van der Waals surface area contributed by atoms with Crippen LogP contribution in [0.2, 0.25) is 0 Å². The van der Waals surface area contributed by atoms with Crippen LogP contribution >= 0.6 is 11.8 Å². The first-order valence-corrected chi connectivity index (χ1v) is 11.0. The molecule has 2 aliphatic rings. The van der Waals surface area contributed by atoms with Crippen LogP contribution in [0.4, 0.5) is 10.7 Å². The lowest BCUT2D eigenvalue weighted by Crippen LogP contribution is -2.43. The van der Waals surface area contributed by atoms with E-state index < -0.39 is 11.3 Å². The van der Waals surface area contributed by atoms with Crippen molar-refractivity contribution in [2.75, 3.05) is 31.2 Å². The fourth-order valence-corrected chi connectivity index (χ4v) is 4.06. The molecule has 2 aromatic rings. The zero-order valence-corrected chi connectivity index (χ0v) is 17.9. The average molecular weight is 431 g/mol. The number of amides is 3. The van der Waals surface area contributed by atoms with E-state index in [-0.39, 0.29) is 11.9 Å². The number of imide groups is 1. The summed E-state index contributed by atoms with van der Waals surface area (Å²) < 4.78 is 7.45. The quantitative estimate of drug-likeness (QED) is 0.675. The topological polar surface area (TPSA) is 101 Å². The molecule has 1 saturated heterocycles. The average Bonchev–Trinajstić information content (AvgIpc) is 3.46. The molecule has 0 radical (unpaired) electrons. The van der Waals surface area contributed by atoms with Gasteiger partial charge in [0.1, 0.15) is 0 Å². The predicted molar refractivity (Wildman–Crippen MR) is 114 cm³/mol. The van der Waals surface area contributed by atoms with E-state index in [0.717, 1.165) is 43.1 Å².